The van der Waals surface area contributed by atoms with Crippen LogP contribution in [0.25, 0.3) is 0 Å². The smallest absolute Gasteiger partial charge is 0.303 e. The second-order valence-electron chi connectivity index (χ2n) is 3.19. The summed E-state index contributed by atoms with van der Waals surface area (Å²) in [5.74, 6) is -0.0865. The van der Waals surface area contributed by atoms with E-state index < -0.39 is 13.9 Å². The van der Waals surface area contributed by atoms with Crippen molar-refractivity contribution in [3.8, 4) is 0 Å². The summed E-state index contributed by atoms with van der Waals surface area (Å²) in [7, 11) is -4.36. The Hall–Kier alpha value is -0.220. The van der Waals surface area contributed by atoms with Crippen molar-refractivity contribution in [1.29, 1.82) is 0 Å². The minimum absolute atomic E-state index is 0.0865. The van der Waals surface area contributed by atoms with E-state index in [-0.39, 0.29) is 5.92 Å². The Morgan fingerprint density at radius 1 is 1.23 bits per heavy atom. The Bertz CT molecular complexity index is 215. The predicted molar refractivity (Wildman–Crippen MR) is 44.6 cm³/mol. The molecule has 0 atom stereocenters. The predicted octanol–water partition coefficient (Wildman–Crippen LogP) is 0.764. The van der Waals surface area contributed by atoms with Gasteiger partial charge < -0.3 is 9.79 Å². The van der Waals surface area contributed by atoms with Crippen molar-refractivity contribution in [2.45, 2.75) is 31.8 Å². The van der Waals surface area contributed by atoms with Crippen LogP contribution in [0.1, 0.15) is 25.7 Å². The minimum Gasteiger partial charge on any atom is -0.303 e. The molecule has 0 aromatic rings. The molecule has 0 spiro atoms. The summed E-state index contributed by atoms with van der Waals surface area (Å²) >= 11 is 0. The number of carbonyl (C=O) groups excluding carboxylic acids is 1. The van der Waals surface area contributed by atoms with E-state index in [1.54, 1.807) is 0 Å². The van der Waals surface area contributed by atoms with Crippen molar-refractivity contribution >= 4 is 14.1 Å². The molecule has 1 aliphatic carbocycles. The molecule has 2 N–H and O–H groups in total. The van der Waals surface area contributed by atoms with Crippen molar-refractivity contribution in [3.63, 3.8) is 0 Å². The number of hydrogen-bond donors (Lipinski definition) is 2. The molecule has 0 bridgehead atoms. The standard InChI is InChI=1S/C7H12O5P/c8-5-6-1-3-7(4-2-6)12-13(9,10)11/h6-7H,1-4H2,(H2,9,10,11). The normalized spacial score (nSPS) is 30.0. The molecule has 0 heterocycles. The van der Waals surface area contributed by atoms with Gasteiger partial charge in [-0.2, -0.15) is 0 Å². The van der Waals surface area contributed by atoms with Crippen LogP contribution in [0.15, 0.2) is 0 Å². The highest BCUT2D eigenvalue weighted by molar-refractivity contribution is 7.46. The SMILES string of the molecule is O=[C]C1CCC(OP(=O)(O)O)CC1. The third kappa shape index (κ3) is 4.00. The zero-order valence-electron chi connectivity index (χ0n) is 7.05. The summed E-state index contributed by atoms with van der Waals surface area (Å²) in [5, 5.41) is 0. The lowest BCUT2D eigenvalue weighted by atomic mass is 9.89. The second kappa shape index (κ2) is 4.33. The van der Waals surface area contributed by atoms with Gasteiger partial charge in [-0.05, 0) is 25.7 Å². The van der Waals surface area contributed by atoms with Crippen LogP contribution in [-0.4, -0.2) is 22.2 Å². The fraction of sp³-hybridized carbons (Fsp3) is 0.857. The Morgan fingerprint density at radius 2 is 1.77 bits per heavy atom. The van der Waals surface area contributed by atoms with Gasteiger partial charge in [0.2, 0.25) is 6.29 Å². The van der Waals surface area contributed by atoms with Crippen molar-refractivity contribution < 1.29 is 23.7 Å². The molecule has 0 saturated heterocycles. The maximum absolute atomic E-state index is 10.4. The Labute approximate surface area is 76.3 Å². The van der Waals surface area contributed by atoms with Gasteiger partial charge in [-0.3, -0.25) is 9.32 Å². The van der Waals surface area contributed by atoms with Gasteiger partial charge in [0.15, 0.2) is 0 Å². The fourth-order valence-corrected chi connectivity index (χ4v) is 2.08. The van der Waals surface area contributed by atoms with E-state index in [9.17, 15) is 9.36 Å². The monoisotopic (exact) mass is 207 g/mol. The van der Waals surface area contributed by atoms with Crippen LogP contribution in [0.3, 0.4) is 0 Å². The quantitative estimate of drug-likeness (QED) is 0.667. The topological polar surface area (TPSA) is 83.8 Å². The summed E-state index contributed by atoms with van der Waals surface area (Å²) in [6, 6.07) is 0. The van der Waals surface area contributed by atoms with Crippen LogP contribution < -0.4 is 0 Å². The number of rotatable bonds is 3. The fourth-order valence-electron chi connectivity index (χ4n) is 1.48. The third-order valence-electron chi connectivity index (χ3n) is 2.13. The first-order valence-corrected chi connectivity index (χ1v) is 5.66. The van der Waals surface area contributed by atoms with Gasteiger partial charge in [-0.1, -0.05) is 0 Å². The third-order valence-corrected chi connectivity index (χ3v) is 2.70. The van der Waals surface area contributed by atoms with E-state index in [2.05, 4.69) is 4.52 Å². The molecule has 1 fully saturated rings. The van der Waals surface area contributed by atoms with Crippen LogP contribution in [-0.2, 0) is 13.9 Å². The van der Waals surface area contributed by atoms with E-state index in [4.69, 9.17) is 9.79 Å². The van der Waals surface area contributed by atoms with Crippen LogP contribution in [0, 0.1) is 5.92 Å². The van der Waals surface area contributed by atoms with E-state index in [1.165, 1.54) is 0 Å². The molecule has 1 aliphatic rings. The van der Waals surface area contributed by atoms with Crippen LogP contribution >= 0.6 is 7.82 Å². The molecule has 0 aromatic carbocycles. The Balaban J connectivity index is 2.33. The largest absolute Gasteiger partial charge is 0.469 e. The molecule has 5 nitrogen and oxygen atoms in total. The molecule has 75 valence electrons. The zero-order valence-corrected chi connectivity index (χ0v) is 7.94. The lowest BCUT2D eigenvalue weighted by Crippen LogP contribution is -2.21. The lowest BCUT2D eigenvalue weighted by molar-refractivity contribution is 0.0977. The van der Waals surface area contributed by atoms with Gasteiger partial charge in [0.25, 0.3) is 0 Å². The maximum Gasteiger partial charge on any atom is 0.469 e. The molecule has 0 aliphatic heterocycles. The van der Waals surface area contributed by atoms with Crippen LogP contribution in [0.2, 0.25) is 0 Å². The van der Waals surface area contributed by atoms with Crippen molar-refractivity contribution in [2.75, 3.05) is 0 Å². The first-order valence-electron chi connectivity index (χ1n) is 4.13. The summed E-state index contributed by atoms with van der Waals surface area (Å²) in [6.07, 6.45) is 3.72. The van der Waals surface area contributed by atoms with Gasteiger partial charge in [0.1, 0.15) is 0 Å². The summed E-state index contributed by atoms with van der Waals surface area (Å²) in [4.78, 5) is 27.2. The second-order valence-corrected chi connectivity index (χ2v) is 4.38. The van der Waals surface area contributed by atoms with Crippen molar-refractivity contribution in [3.05, 3.63) is 0 Å². The van der Waals surface area contributed by atoms with Gasteiger partial charge >= 0.3 is 7.82 Å². The van der Waals surface area contributed by atoms with Crippen molar-refractivity contribution in [1.82, 2.24) is 0 Å². The highest BCUT2D eigenvalue weighted by Crippen LogP contribution is 2.41. The molecule has 6 heteroatoms. The summed E-state index contributed by atoms with van der Waals surface area (Å²) < 4.78 is 15.0. The van der Waals surface area contributed by atoms with Crippen molar-refractivity contribution in [2.24, 2.45) is 5.92 Å². The number of hydrogen-bond acceptors (Lipinski definition) is 3. The molecular weight excluding hydrogens is 195 g/mol. The first kappa shape index (κ1) is 10.9. The first-order chi connectivity index (χ1) is 6.01. The molecule has 0 amide bonds. The number of phosphoric ester groups is 1. The molecule has 1 radical (unpaired) electrons. The molecule has 0 aromatic heterocycles. The highest BCUT2D eigenvalue weighted by Gasteiger charge is 2.27. The van der Waals surface area contributed by atoms with Gasteiger partial charge in [-0.25, -0.2) is 4.57 Å². The van der Waals surface area contributed by atoms with E-state index >= 15 is 0 Å². The molecule has 0 unspecified atom stereocenters. The average molecular weight is 207 g/mol. The average Bonchev–Trinajstić information content (AvgIpc) is 2.03. The van der Waals surface area contributed by atoms with E-state index in [0.717, 1.165) is 0 Å². The lowest BCUT2D eigenvalue weighted by Gasteiger charge is -2.24. The van der Waals surface area contributed by atoms with Gasteiger partial charge in [-0.15, -0.1) is 0 Å². The van der Waals surface area contributed by atoms with E-state index in [1.807, 2.05) is 6.29 Å². The molecule has 1 rings (SSSR count). The van der Waals surface area contributed by atoms with E-state index in [0.29, 0.717) is 25.7 Å². The molecule has 1 saturated carbocycles. The Kier molecular flexibility index (Phi) is 3.62. The minimum atomic E-state index is -4.36. The van der Waals surface area contributed by atoms with Gasteiger partial charge in [0, 0.05) is 5.92 Å². The zero-order chi connectivity index (χ0) is 9.90. The molecular formula is C7H12O5P. The maximum atomic E-state index is 10.4. The Morgan fingerprint density at radius 3 is 2.15 bits per heavy atom. The highest BCUT2D eigenvalue weighted by atomic mass is 31.2. The van der Waals surface area contributed by atoms with Crippen LogP contribution in [0.5, 0.6) is 0 Å². The molecule has 13 heavy (non-hydrogen) atoms. The summed E-state index contributed by atoms with van der Waals surface area (Å²) in [6.45, 7) is 0. The summed E-state index contributed by atoms with van der Waals surface area (Å²) in [5.41, 5.74) is 0. The van der Waals surface area contributed by atoms with Gasteiger partial charge in [0.05, 0.1) is 6.10 Å². The number of phosphoric acid groups is 1. The van der Waals surface area contributed by atoms with Crippen LogP contribution in [0.4, 0.5) is 0 Å².